The Labute approximate surface area is 199 Å². The summed E-state index contributed by atoms with van der Waals surface area (Å²) in [4.78, 5) is 30.1. The van der Waals surface area contributed by atoms with Crippen LogP contribution in [0.2, 0.25) is 5.02 Å². The molecule has 2 fully saturated rings. The molecule has 2 aromatic carbocycles. The number of amides is 1. The Morgan fingerprint density at radius 3 is 2.27 bits per heavy atom. The lowest BCUT2D eigenvalue weighted by atomic mass is 9.93. The maximum Gasteiger partial charge on any atom is 0.295 e. The molecule has 0 aromatic heterocycles. The minimum absolute atomic E-state index is 0.113. The van der Waals surface area contributed by atoms with E-state index in [0.29, 0.717) is 42.8 Å². The normalized spacial score (nSPS) is 21.2. The van der Waals surface area contributed by atoms with Gasteiger partial charge in [0.05, 0.1) is 24.8 Å². The zero-order chi connectivity index (χ0) is 23.5. The van der Waals surface area contributed by atoms with Crippen LogP contribution in [0.5, 0.6) is 0 Å². The Kier molecular flexibility index (Phi) is 7.17. The number of hydrogen-bond donors (Lipinski definition) is 1. The van der Waals surface area contributed by atoms with Gasteiger partial charge in [0, 0.05) is 36.8 Å². The van der Waals surface area contributed by atoms with Gasteiger partial charge < -0.3 is 14.7 Å². The predicted octanol–water partition coefficient (Wildman–Crippen LogP) is 4.22. The monoisotopic (exact) mass is 468 g/mol. The number of carbonyl (C=O) groups excluding carboxylic acids is 2. The fraction of sp³-hybridized carbons (Fsp3) is 0.385. The maximum absolute atomic E-state index is 13.1. The minimum atomic E-state index is -0.664. The van der Waals surface area contributed by atoms with E-state index in [-0.39, 0.29) is 11.3 Å². The third-order valence-corrected chi connectivity index (χ3v) is 6.59. The fourth-order valence-electron chi connectivity index (χ4n) is 4.36. The minimum Gasteiger partial charge on any atom is -0.507 e. The second kappa shape index (κ2) is 10.1. The number of aliphatic hydroxyl groups is 1. The molecule has 0 aliphatic carbocycles. The van der Waals surface area contributed by atoms with E-state index in [1.807, 2.05) is 24.3 Å². The maximum atomic E-state index is 13.1. The van der Waals surface area contributed by atoms with Crippen LogP contribution >= 0.6 is 11.6 Å². The molecular weight excluding hydrogens is 440 g/mol. The number of morpholine rings is 1. The number of aliphatic hydroxyl groups excluding tert-OH is 1. The van der Waals surface area contributed by atoms with Crippen LogP contribution in [0.25, 0.3) is 5.76 Å². The number of hydrogen-bond acceptors (Lipinski definition) is 5. The van der Waals surface area contributed by atoms with Gasteiger partial charge in [-0.1, -0.05) is 49.7 Å². The Morgan fingerprint density at radius 2 is 1.67 bits per heavy atom. The third-order valence-electron chi connectivity index (χ3n) is 6.34. The Balaban J connectivity index is 1.73. The van der Waals surface area contributed by atoms with Crippen LogP contribution in [0.3, 0.4) is 0 Å². The van der Waals surface area contributed by atoms with Gasteiger partial charge in [-0.05, 0) is 41.3 Å². The quantitative estimate of drug-likeness (QED) is 0.390. The highest BCUT2D eigenvalue weighted by Crippen LogP contribution is 2.39. The topological polar surface area (TPSA) is 70.1 Å². The first-order valence-corrected chi connectivity index (χ1v) is 11.7. The van der Waals surface area contributed by atoms with Crippen LogP contribution in [0.4, 0.5) is 0 Å². The first kappa shape index (κ1) is 23.5. The molecule has 0 unspecified atom stereocenters. The van der Waals surface area contributed by atoms with Crippen molar-refractivity contribution < 1.29 is 19.4 Å². The largest absolute Gasteiger partial charge is 0.507 e. The second-order valence-corrected chi connectivity index (χ2v) is 9.21. The van der Waals surface area contributed by atoms with Gasteiger partial charge in [0.25, 0.3) is 11.7 Å². The lowest BCUT2D eigenvalue weighted by Crippen LogP contribution is -2.42. The van der Waals surface area contributed by atoms with Crippen molar-refractivity contribution in [3.63, 3.8) is 0 Å². The van der Waals surface area contributed by atoms with E-state index in [9.17, 15) is 14.7 Å². The molecule has 2 aliphatic rings. The van der Waals surface area contributed by atoms with E-state index in [0.717, 1.165) is 18.7 Å². The SMILES string of the molecule is CC(C)c1ccc([C@@H]2C(=C(O)c3ccc(Cl)cc3)C(=O)C(=O)N2CCN2CCOCC2)cc1. The lowest BCUT2D eigenvalue weighted by molar-refractivity contribution is -0.140. The predicted molar refractivity (Wildman–Crippen MR) is 128 cm³/mol. The number of ketones is 1. The molecule has 1 atom stereocenters. The van der Waals surface area contributed by atoms with Crippen molar-refractivity contribution in [2.24, 2.45) is 0 Å². The van der Waals surface area contributed by atoms with E-state index in [2.05, 4.69) is 18.7 Å². The molecule has 2 aromatic rings. The molecule has 0 radical (unpaired) electrons. The fourth-order valence-corrected chi connectivity index (χ4v) is 4.48. The average molecular weight is 469 g/mol. The second-order valence-electron chi connectivity index (χ2n) is 8.77. The summed E-state index contributed by atoms with van der Waals surface area (Å²) in [6.07, 6.45) is 0. The summed E-state index contributed by atoms with van der Waals surface area (Å²) in [5, 5.41) is 11.6. The van der Waals surface area contributed by atoms with Crippen molar-refractivity contribution in [1.82, 2.24) is 9.80 Å². The van der Waals surface area contributed by atoms with Gasteiger partial charge in [0.1, 0.15) is 5.76 Å². The van der Waals surface area contributed by atoms with E-state index in [1.165, 1.54) is 5.56 Å². The van der Waals surface area contributed by atoms with Gasteiger partial charge in [-0.15, -0.1) is 0 Å². The zero-order valence-corrected chi connectivity index (χ0v) is 19.7. The van der Waals surface area contributed by atoms with Gasteiger partial charge in [-0.3, -0.25) is 14.5 Å². The molecule has 1 amide bonds. The standard InChI is InChI=1S/C26H29ClN2O4/c1-17(2)18-3-5-19(6-4-18)23-22(24(30)20-7-9-21(27)10-8-20)25(31)26(32)29(23)12-11-28-13-15-33-16-14-28/h3-10,17,23,30H,11-16H2,1-2H3/t23-/m1/s1. The van der Waals surface area contributed by atoms with E-state index in [4.69, 9.17) is 16.3 Å². The molecule has 2 aliphatic heterocycles. The molecule has 0 saturated carbocycles. The zero-order valence-electron chi connectivity index (χ0n) is 19.0. The molecule has 33 heavy (non-hydrogen) atoms. The van der Waals surface area contributed by atoms with Crippen LogP contribution in [-0.2, 0) is 14.3 Å². The molecule has 0 spiro atoms. The van der Waals surface area contributed by atoms with Gasteiger partial charge in [-0.2, -0.15) is 0 Å². The van der Waals surface area contributed by atoms with Crippen molar-refractivity contribution in [3.8, 4) is 0 Å². The molecule has 4 rings (SSSR count). The van der Waals surface area contributed by atoms with Crippen molar-refractivity contribution in [1.29, 1.82) is 0 Å². The number of benzene rings is 2. The van der Waals surface area contributed by atoms with Crippen LogP contribution in [0, 0.1) is 0 Å². The summed E-state index contributed by atoms with van der Waals surface area (Å²) in [5.74, 6) is -1.07. The van der Waals surface area contributed by atoms with E-state index >= 15 is 0 Å². The summed E-state index contributed by atoms with van der Waals surface area (Å²) in [5.41, 5.74) is 2.54. The number of halogens is 1. The molecule has 174 valence electrons. The number of ether oxygens (including phenoxy) is 1. The first-order chi connectivity index (χ1) is 15.9. The highest BCUT2D eigenvalue weighted by molar-refractivity contribution is 6.46. The van der Waals surface area contributed by atoms with Crippen LogP contribution in [0.15, 0.2) is 54.1 Å². The van der Waals surface area contributed by atoms with Crippen LogP contribution < -0.4 is 0 Å². The molecule has 1 N–H and O–H groups in total. The summed E-state index contributed by atoms with van der Waals surface area (Å²) in [6.45, 7) is 8.17. The van der Waals surface area contributed by atoms with Gasteiger partial charge >= 0.3 is 0 Å². The van der Waals surface area contributed by atoms with Crippen molar-refractivity contribution in [2.75, 3.05) is 39.4 Å². The van der Waals surface area contributed by atoms with Gasteiger partial charge in [-0.25, -0.2) is 0 Å². The van der Waals surface area contributed by atoms with Crippen molar-refractivity contribution in [2.45, 2.75) is 25.8 Å². The molecule has 6 nitrogen and oxygen atoms in total. The summed E-state index contributed by atoms with van der Waals surface area (Å²) < 4.78 is 5.41. The molecular formula is C26H29ClN2O4. The van der Waals surface area contributed by atoms with Crippen molar-refractivity contribution in [3.05, 3.63) is 75.8 Å². The first-order valence-electron chi connectivity index (χ1n) is 11.3. The number of nitrogens with zero attached hydrogens (tertiary/aromatic N) is 2. The molecule has 2 heterocycles. The highest BCUT2D eigenvalue weighted by atomic mass is 35.5. The lowest BCUT2D eigenvalue weighted by Gasteiger charge is -2.31. The van der Waals surface area contributed by atoms with Gasteiger partial charge in [0.15, 0.2) is 0 Å². The summed E-state index contributed by atoms with van der Waals surface area (Å²) in [6, 6.07) is 13.9. The van der Waals surface area contributed by atoms with Crippen LogP contribution in [-0.4, -0.2) is 66.0 Å². The van der Waals surface area contributed by atoms with Crippen LogP contribution in [0.1, 0.15) is 42.5 Å². The summed E-state index contributed by atoms with van der Waals surface area (Å²) >= 11 is 5.99. The number of rotatable bonds is 6. The van der Waals surface area contributed by atoms with E-state index in [1.54, 1.807) is 29.2 Å². The van der Waals surface area contributed by atoms with Crippen molar-refractivity contribution >= 4 is 29.1 Å². The van der Waals surface area contributed by atoms with Gasteiger partial charge in [0.2, 0.25) is 0 Å². The molecule has 7 heteroatoms. The Hall–Kier alpha value is -2.67. The Bertz CT molecular complexity index is 1040. The molecule has 0 bridgehead atoms. The summed E-state index contributed by atoms with van der Waals surface area (Å²) in [7, 11) is 0. The number of carbonyl (C=O) groups is 2. The third kappa shape index (κ3) is 4.98. The highest BCUT2D eigenvalue weighted by Gasteiger charge is 2.46. The Morgan fingerprint density at radius 1 is 1.03 bits per heavy atom. The smallest absolute Gasteiger partial charge is 0.295 e. The number of Topliss-reactive ketones (excluding diaryl/α,β-unsaturated/α-hetero) is 1. The number of likely N-dealkylation sites (tertiary alicyclic amines) is 1. The average Bonchev–Trinajstić information content (AvgIpc) is 3.08. The molecule has 2 saturated heterocycles. The van der Waals surface area contributed by atoms with E-state index < -0.39 is 17.7 Å².